The van der Waals surface area contributed by atoms with Crippen LogP contribution < -0.4 is 4.74 Å². The van der Waals surface area contributed by atoms with Crippen LogP contribution >= 0.6 is 67.8 Å². The van der Waals surface area contributed by atoms with E-state index < -0.39 is 5.97 Å². The fraction of sp³-hybridized carbons (Fsp3) is 0.125. The minimum atomic E-state index is -1.16. The number of hydrogen-bond acceptors (Lipinski definition) is 3. The second-order valence-electron chi connectivity index (χ2n) is 2.50. The Hall–Kier alpha value is 0.480. The third-order valence-corrected chi connectivity index (χ3v) is 6.92. The monoisotopic (exact) mass is 546 g/mol. The van der Waals surface area contributed by atoms with E-state index in [-0.39, 0.29) is 17.1 Å². The third-order valence-electron chi connectivity index (χ3n) is 1.67. The van der Waals surface area contributed by atoms with Crippen LogP contribution in [0, 0.1) is 10.7 Å². The van der Waals surface area contributed by atoms with E-state index in [4.69, 9.17) is 9.84 Å². The molecule has 0 aliphatic rings. The zero-order valence-electron chi connectivity index (χ0n) is 7.34. The van der Waals surface area contributed by atoms with Gasteiger partial charge in [0.15, 0.2) is 11.5 Å². The maximum atomic E-state index is 10.9. The molecular weight excluding hydrogens is 541 g/mol. The van der Waals surface area contributed by atoms with Crippen LogP contribution in [0.3, 0.4) is 0 Å². The van der Waals surface area contributed by atoms with Gasteiger partial charge in [-0.15, -0.1) is 0 Å². The van der Waals surface area contributed by atoms with Gasteiger partial charge in [0.1, 0.15) is 5.56 Å². The molecule has 4 nitrogen and oxygen atoms in total. The predicted molar refractivity (Wildman–Crippen MR) is 79.8 cm³/mol. The van der Waals surface area contributed by atoms with Crippen molar-refractivity contribution in [1.29, 1.82) is 0 Å². The number of carboxylic acids is 1. The van der Waals surface area contributed by atoms with Gasteiger partial charge in [-0.3, -0.25) is 0 Å². The molecule has 0 fully saturated rings. The van der Waals surface area contributed by atoms with Crippen LogP contribution in [0.15, 0.2) is 0 Å². The molecule has 0 aliphatic carbocycles. The summed E-state index contributed by atoms with van der Waals surface area (Å²) in [5.41, 5.74) is -0.114. The number of hydrogen-bond donors (Lipinski definition) is 2. The molecule has 0 unspecified atom stereocenters. The van der Waals surface area contributed by atoms with Gasteiger partial charge in [0.05, 0.1) is 10.7 Å². The molecule has 0 aromatic heterocycles. The van der Waals surface area contributed by atoms with Crippen LogP contribution in [0.2, 0.25) is 0 Å². The molecule has 82 valence electrons. The van der Waals surface area contributed by atoms with Crippen LogP contribution in [0.1, 0.15) is 10.4 Å². The van der Waals surface area contributed by atoms with Gasteiger partial charge in [-0.2, -0.15) is 0 Å². The summed E-state index contributed by atoms with van der Waals surface area (Å²) in [5, 5.41) is 18.7. The average Bonchev–Trinajstić information content (AvgIpc) is 2.15. The highest BCUT2D eigenvalue weighted by Crippen LogP contribution is 2.41. The van der Waals surface area contributed by atoms with Gasteiger partial charge in [-0.05, 0) is 67.8 Å². The number of methoxy groups -OCH3 is 1. The van der Waals surface area contributed by atoms with Gasteiger partial charge in [-0.1, -0.05) is 0 Å². The number of phenols is 1. The molecule has 0 heterocycles. The van der Waals surface area contributed by atoms with Crippen molar-refractivity contribution in [2.45, 2.75) is 0 Å². The fourth-order valence-corrected chi connectivity index (χ4v) is 3.54. The lowest BCUT2D eigenvalue weighted by atomic mass is 10.2. The smallest absolute Gasteiger partial charge is 0.340 e. The van der Waals surface area contributed by atoms with Crippen LogP contribution in [0.5, 0.6) is 11.5 Å². The number of benzene rings is 1. The van der Waals surface area contributed by atoms with E-state index in [1.807, 2.05) is 67.8 Å². The van der Waals surface area contributed by atoms with E-state index in [9.17, 15) is 9.90 Å². The van der Waals surface area contributed by atoms with E-state index in [1.54, 1.807) is 0 Å². The van der Waals surface area contributed by atoms with Crippen LogP contribution in [0.4, 0.5) is 0 Å². The minimum Gasteiger partial charge on any atom is -0.504 e. The lowest BCUT2D eigenvalue weighted by Gasteiger charge is -2.12. The summed E-state index contributed by atoms with van der Waals surface area (Å²) in [6.07, 6.45) is 0. The number of rotatable bonds is 2. The highest BCUT2D eigenvalue weighted by atomic mass is 127. The largest absolute Gasteiger partial charge is 0.504 e. The van der Waals surface area contributed by atoms with E-state index in [1.165, 1.54) is 7.11 Å². The van der Waals surface area contributed by atoms with Crippen molar-refractivity contribution in [2.75, 3.05) is 7.11 Å². The Morgan fingerprint density at radius 1 is 1.20 bits per heavy atom. The first-order valence-electron chi connectivity index (χ1n) is 3.58. The number of halogens is 3. The molecular formula is C8H5I3O4. The maximum absolute atomic E-state index is 10.9. The summed E-state index contributed by atoms with van der Waals surface area (Å²) in [6, 6.07) is 0. The van der Waals surface area contributed by atoms with Crippen molar-refractivity contribution < 1.29 is 19.7 Å². The number of aromatic carboxylic acids is 1. The molecule has 15 heavy (non-hydrogen) atoms. The van der Waals surface area contributed by atoms with Gasteiger partial charge in [-0.25, -0.2) is 4.79 Å². The molecule has 0 amide bonds. The van der Waals surface area contributed by atoms with Crippen molar-refractivity contribution in [2.24, 2.45) is 0 Å². The van der Waals surface area contributed by atoms with Crippen LogP contribution in [0.25, 0.3) is 0 Å². The molecule has 0 radical (unpaired) electrons. The molecule has 7 heteroatoms. The second kappa shape index (κ2) is 5.21. The first-order chi connectivity index (χ1) is 6.91. The standard InChI is InChI=1S/C8H5I3O4/c1-15-7-5(11)4(10)3(9)2(6(7)12)8(13)14/h12H,1H3,(H,13,14). The van der Waals surface area contributed by atoms with Gasteiger partial charge in [0, 0.05) is 7.14 Å². The molecule has 0 atom stereocenters. The van der Waals surface area contributed by atoms with Gasteiger partial charge in [0.2, 0.25) is 0 Å². The van der Waals surface area contributed by atoms with Crippen molar-refractivity contribution in [1.82, 2.24) is 0 Å². The van der Waals surface area contributed by atoms with Gasteiger partial charge in [0.25, 0.3) is 0 Å². The van der Waals surface area contributed by atoms with Crippen LogP contribution in [-0.2, 0) is 0 Å². The quantitative estimate of drug-likeness (QED) is 0.443. The minimum absolute atomic E-state index is 0.114. The maximum Gasteiger partial charge on any atom is 0.340 e. The Kier molecular flexibility index (Phi) is 4.70. The summed E-state index contributed by atoms with van der Waals surface area (Å²) >= 11 is 5.93. The molecule has 0 saturated carbocycles. The van der Waals surface area contributed by atoms with Crippen molar-refractivity contribution >= 4 is 73.7 Å². The van der Waals surface area contributed by atoms with E-state index in [0.717, 1.165) is 3.57 Å². The van der Waals surface area contributed by atoms with E-state index >= 15 is 0 Å². The molecule has 1 aromatic carbocycles. The Morgan fingerprint density at radius 2 is 1.73 bits per heavy atom. The average molecular weight is 546 g/mol. The molecule has 0 saturated heterocycles. The lowest BCUT2D eigenvalue weighted by Crippen LogP contribution is -2.05. The first kappa shape index (κ1) is 13.5. The SMILES string of the molecule is COc1c(O)c(C(=O)O)c(I)c(I)c1I. The third kappa shape index (κ3) is 2.43. The molecule has 0 bridgehead atoms. The molecule has 1 rings (SSSR count). The zero-order chi connectivity index (χ0) is 11.7. The normalized spacial score (nSPS) is 10.1. The van der Waals surface area contributed by atoms with Gasteiger partial charge >= 0.3 is 5.97 Å². The Balaban J connectivity index is 3.68. The van der Waals surface area contributed by atoms with Crippen molar-refractivity contribution in [3.05, 3.63) is 16.3 Å². The number of carbonyl (C=O) groups is 1. The molecule has 0 aliphatic heterocycles. The Labute approximate surface area is 127 Å². The first-order valence-corrected chi connectivity index (χ1v) is 6.82. The predicted octanol–water partition coefficient (Wildman–Crippen LogP) is 2.91. The molecule has 1 aromatic rings. The number of carboxylic acid groups (broad SMARTS) is 1. The van der Waals surface area contributed by atoms with E-state index in [0.29, 0.717) is 7.14 Å². The zero-order valence-corrected chi connectivity index (χ0v) is 13.8. The molecule has 2 N–H and O–H groups in total. The van der Waals surface area contributed by atoms with Gasteiger partial charge < -0.3 is 14.9 Å². The van der Waals surface area contributed by atoms with Crippen molar-refractivity contribution in [3.8, 4) is 11.5 Å². The Bertz CT molecular complexity index is 431. The number of ether oxygens (including phenoxy) is 1. The topological polar surface area (TPSA) is 66.8 Å². The highest BCUT2D eigenvalue weighted by molar-refractivity contribution is 14.1. The second-order valence-corrected chi connectivity index (χ2v) is 5.74. The number of aromatic hydroxyl groups is 1. The van der Waals surface area contributed by atoms with Crippen LogP contribution in [-0.4, -0.2) is 23.3 Å². The summed E-state index contributed by atoms with van der Waals surface area (Å²) < 4.78 is 6.97. The summed E-state index contributed by atoms with van der Waals surface area (Å²) in [4.78, 5) is 10.9. The van der Waals surface area contributed by atoms with E-state index in [2.05, 4.69) is 0 Å². The Morgan fingerprint density at radius 3 is 2.13 bits per heavy atom. The fourth-order valence-electron chi connectivity index (χ4n) is 1.01. The summed E-state index contributed by atoms with van der Waals surface area (Å²) in [5.74, 6) is -1.28. The summed E-state index contributed by atoms with van der Waals surface area (Å²) in [6.45, 7) is 0. The lowest BCUT2D eigenvalue weighted by molar-refractivity contribution is 0.0691. The highest BCUT2D eigenvalue weighted by Gasteiger charge is 2.24. The summed E-state index contributed by atoms with van der Waals surface area (Å²) in [7, 11) is 1.39. The molecule has 0 spiro atoms. The van der Waals surface area contributed by atoms with Crippen molar-refractivity contribution in [3.63, 3.8) is 0 Å².